The van der Waals surface area contributed by atoms with Gasteiger partial charge < -0.3 is 20.3 Å². The monoisotopic (exact) mass is 229 g/mol. The molecule has 0 radical (unpaired) electrons. The molecule has 0 aliphatic heterocycles. The maximum Gasteiger partial charge on any atom is 0.0593 e. The topological polar surface area (TPSA) is 41.7 Å². The lowest BCUT2D eigenvalue weighted by molar-refractivity contribution is 0.0190. The number of nitrogens with two attached hydrogens (primary N) is 1. The first-order valence-corrected chi connectivity index (χ1v) is 6.24. The van der Waals surface area contributed by atoms with Crippen LogP contribution in [0.5, 0.6) is 0 Å². The molecule has 0 heterocycles. The fourth-order valence-corrected chi connectivity index (χ4v) is 2.32. The summed E-state index contributed by atoms with van der Waals surface area (Å²) in [5.74, 6) is 0. The Bertz CT molecular complexity index is 193. The average molecular weight is 229 g/mol. The Morgan fingerprint density at radius 2 is 1.88 bits per heavy atom. The molecule has 1 rings (SSSR count). The summed E-state index contributed by atoms with van der Waals surface area (Å²) in [6, 6.07) is 0. The molecule has 0 aromatic carbocycles. The van der Waals surface area contributed by atoms with Crippen LogP contribution >= 0.6 is 0 Å². The van der Waals surface area contributed by atoms with Gasteiger partial charge in [0.25, 0.3) is 0 Å². The second-order valence-electron chi connectivity index (χ2n) is 5.11. The lowest BCUT2D eigenvalue weighted by Crippen LogP contribution is -2.56. The zero-order chi connectivity index (χ0) is 12.0. The van der Waals surface area contributed by atoms with Crippen molar-refractivity contribution < 1.29 is 4.74 Å². The van der Waals surface area contributed by atoms with Crippen LogP contribution in [-0.2, 0) is 4.74 Å². The quantitative estimate of drug-likeness (QED) is 0.611. The van der Waals surface area contributed by atoms with Crippen LogP contribution in [0, 0.1) is 0 Å². The molecule has 0 saturated heterocycles. The lowest BCUT2D eigenvalue weighted by Gasteiger charge is -2.49. The van der Waals surface area contributed by atoms with Gasteiger partial charge in [0.1, 0.15) is 0 Å². The number of nitrogens with zero attached hydrogens (tertiary/aromatic N) is 2. The van der Waals surface area contributed by atoms with E-state index in [1.807, 2.05) is 0 Å². The Hall–Kier alpha value is -0.160. The molecule has 0 aromatic heterocycles. The van der Waals surface area contributed by atoms with Crippen molar-refractivity contribution in [2.75, 3.05) is 54.0 Å². The van der Waals surface area contributed by atoms with Gasteiger partial charge >= 0.3 is 0 Å². The van der Waals surface area contributed by atoms with Crippen LogP contribution in [0.4, 0.5) is 0 Å². The summed E-state index contributed by atoms with van der Waals surface area (Å²) < 4.78 is 5.40. The van der Waals surface area contributed by atoms with E-state index < -0.39 is 0 Å². The number of hydrogen-bond donors (Lipinski definition) is 1. The molecular formula is C12H27N3O. The largest absolute Gasteiger partial charge is 0.379 e. The summed E-state index contributed by atoms with van der Waals surface area (Å²) in [6.45, 7) is 4.22. The molecule has 0 unspecified atom stereocenters. The SMILES string of the molecule is CN(CCOCCN)CC1(N(C)C)CCC1. The van der Waals surface area contributed by atoms with Crippen molar-refractivity contribution in [3.8, 4) is 0 Å². The van der Waals surface area contributed by atoms with Crippen molar-refractivity contribution in [3.05, 3.63) is 0 Å². The van der Waals surface area contributed by atoms with Crippen LogP contribution in [0.25, 0.3) is 0 Å². The van der Waals surface area contributed by atoms with E-state index >= 15 is 0 Å². The second-order valence-corrected chi connectivity index (χ2v) is 5.11. The third-order valence-corrected chi connectivity index (χ3v) is 3.68. The fraction of sp³-hybridized carbons (Fsp3) is 1.00. The lowest BCUT2D eigenvalue weighted by atomic mass is 9.75. The van der Waals surface area contributed by atoms with Crippen molar-refractivity contribution >= 4 is 0 Å². The standard InChI is InChI=1S/C12H27N3O/c1-14(2)12(5-4-6-12)11-15(3)8-10-16-9-7-13/h4-11,13H2,1-3H3. The Balaban J connectivity index is 2.19. The van der Waals surface area contributed by atoms with E-state index in [1.165, 1.54) is 19.3 Å². The molecule has 0 aromatic rings. The number of rotatable bonds is 8. The van der Waals surface area contributed by atoms with Crippen LogP contribution in [0.1, 0.15) is 19.3 Å². The smallest absolute Gasteiger partial charge is 0.0593 e. The van der Waals surface area contributed by atoms with Gasteiger partial charge in [-0.05, 0) is 40.4 Å². The van der Waals surface area contributed by atoms with Gasteiger partial charge in [0.15, 0.2) is 0 Å². The Morgan fingerprint density at radius 3 is 2.31 bits per heavy atom. The summed E-state index contributed by atoms with van der Waals surface area (Å²) in [4.78, 5) is 4.75. The molecule has 0 atom stereocenters. The van der Waals surface area contributed by atoms with Crippen molar-refractivity contribution in [1.29, 1.82) is 0 Å². The molecule has 1 aliphatic carbocycles. The Morgan fingerprint density at radius 1 is 1.19 bits per heavy atom. The van der Waals surface area contributed by atoms with Gasteiger partial charge in [-0.15, -0.1) is 0 Å². The van der Waals surface area contributed by atoms with E-state index in [4.69, 9.17) is 10.5 Å². The highest BCUT2D eigenvalue weighted by Gasteiger charge is 2.39. The summed E-state index contributed by atoms with van der Waals surface area (Å²) >= 11 is 0. The molecule has 0 bridgehead atoms. The van der Waals surface area contributed by atoms with Crippen LogP contribution in [0.2, 0.25) is 0 Å². The first-order valence-electron chi connectivity index (χ1n) is 6.24. The molecule has 96 valence electrons. The van der Waals surface area contributed by atoms with Crippen LogP contribution < -0.4 is 5.73 Å². The molecule has 1 aliphatic rings. The minimum Gasteiger partial charge on any atom is -0.379 e. The van der Waals surface area contributed by atoms with E-state index in [0.717, 1.165) is 19.7 Å². The highest BCUT2D eigenvalue weighted by molar-refractivity contribution is 4.97. The minimum atomic E-state index is 0.419. The van der Waals surface area contributed by atoms with Crippen LogP contribution in [0.3, 0.4) is 0 Å². The van der Waals surface area contributed by atoms with E-state index in [1.54, 1.807) is 0 Å². The Kier molecular flexibility index (Phi) is 5.69. The highest BCUT2D eigenvalue weighted by Crippen LogP contribution is 2.36. The molecule has 0 amide bonds. The van der Waals surface area contributed by atoms with E-state index in [0.29, 0.717) is 18.7 Å². The van der Waals surface area contributed by atoms with E-state index in [9.17, 15) is 0 Å². The molecule has 0 spiro atoms. The van der Waals surface area contributed by atoms with Crippen molar-refractivity contribution in [1.82, 2.24) is 9.80 Å². The third-order valence-electron chi connectivity index (χ3n) is 3.68. The normalized spacial score (nSPS) is 19.1. The number of likely N-dealkylation sites (N-methyl/N-ethyl adjacent to an activating group) is 2. The first-order chi connectivity index (χ1) is 7.60. The molecule has 1 saturated carbocycles. The van der Waals surface area contributed by atoms with Gasteiger partial charge in [-0.2, -0.15) is 0 Å². The minimum absolute atomic E-state index is 0.419. The van der Waals surface area contributed by atoms with Gasteiger partial charge in [-0.1, -0.05) is 0 Å². The zero-order valence-electron chi connectivity index (χ0n) is 11.0. The maximum absolute atomic E-state index is 5.40. The summed E-state index contributed by atoms with van der Waals surface area (Å²) in [6.07, 6.45) is 4.03. The van der Waals surface area contributed by atoms with E-state index in [-0.39, 0.29) is 0 Å². The summed E-state index contributed by atoms with van der Waals surface area (Å²) in [5.41, 5.74) is 5.79. The van der Waals surface area contributed by atoms with Gasteiger partial charge in [0.2, 0.25) is 0 Å². The van der Waals surface area contributed by atoms with Crippen molar-refractivity contribution in [2.24, 2.45) is 5.73 Å². The highest BCUT2D eigenvalue weighted by atomic mass is 16.5. The Labute approximate surface area is 99.7 Å². The number of ether oxygens (including phenoxy) is 1. The fourth-order valence-electron chi connectivity index (χ4n) is 2.32. The van der Waals surface area contributed by atoms with Gasteiger partial charge in [-0.3, -0.25) is 0 Å². The predicted octanol–water partition coefficient (Wildman–Crippen LogP) is 0.378. The maximum atomic E-state index is 5.40. The second kappa shape index (κ2) is 6.55. The number of hydrogen-bond acceptors (Lipinski definition) is 4. The van der Waals surface area contributed by atoms with Crippen molar-refractivity contribution in [2.45, 2.75) is 24.8 Å². The molecule has 4 nitrogen and oxygen atoms in total. The van der Waals surface area contributed by atoms with Gasteiger partial charge in [0, 0.05) is 25.2 Å². The van der Waals surface area contributed by atoms with Gasteiger partial charge in [-0.25, -0.2) is 0 Å². The predicted molar refractivity (Wildman–Crippen MR) is 67.6 cm³/mol. The van der Waals surface area contributed by atoms with Crippen LogP contribution in [-0.4, -0.2) is 69.3 Å². The average Bonchev–Trinajstić information content (AvgIpc) is 2.18. The third kappa shape index (κ3) is 3.70. The van der Waals surface area contributed by atoms with Crippen molar-refractivity contribution in [3.63, 3.8) is 0 Å². The van der Waals surface area contributed by atoms with Crippen LogP contribution in [0.15, 0.2) is 0 Å². The molecule has 2 N–H and O–H groups in total. The molecular weight excluding hydrogens is 202 g/mol. The zero-order valence-corrected chi connectivity index (χ0v) is 11.0. The molecule has 4 heteroatoms. The summed E-state index contributed by atoms with van der Waals surface area (Å²) in [5, 5.41) is 0. The van der Waals surface area contributed by atoms with E-state index in [2.05, 4.69) is 30.9 Å². The summed E-state index contributed by atoms with van der Waals surface area (Å²) in [7, 11) is 6.56. The first kappa shape index (κ1) is 13.9. The molecule has 1 fully saturated rings. The molecule has 16 heavy (non-hydrogen) atoms. The van der Waals surface area contributed by atoms with Gasteiger partial charge in [0.05, 0.1) is 13.2 Å².